The second kappa shape index (κ2) is 5.49. The van der Waals surface area contributed by atoms with E-state index >= 15 is 0 Å². The highest BCUT2D eigenvalue weighted by Crippen LogP contribution is 2.31. The number of halogens is 3. The van der Waals surface area contributed by atoms with Gasteiger partial charge in [-0.2, -0.15) is 18.3 Å². The number of nitrogens with zero attached hydrogens (tertiary/aromatic N) is 3. The van der Waals surface area contributed by atoms with Crippen molar-refractivity contribution in [3.63, 3.8) is 0 Å². The van der Waals surface area contributed by atoms with Crippen molar-refractivity contribution in [1.29, 1.82) is 0 Å². The van der Waals surface area contributed by atoms with Gasteiger partial charge in [-0.05, 0) is 0 Å². The molecule has 8 heteroatoms. The van der Waals surface area contributed by atoms with Crippen molar-refractivity contribution in [2.75, 3.05) is 7.11 Å². The summed E-state index contributed by atoms with van der Waals surface area (Å²) in [4.78, 5) is 3.41. The molecular formula is C12H13F3N4O. The van der Waals surface area contributed by atoms with Crippen LogP contribution in [0.3, 0.4) is 0 Å². The lowest BCUT2D eigenvalue weighted by atomic mass is 10.2. The van der Waals surface area contributed by atoms with E-state index in [4.69, 9.17) is 10.5 Å². The average Bonchev–Trinajstić information content (AvgIpc) is 2.85. The number of nitrogens with two attached hydrogens (primary N) is 1. The van der Waals surface area contributed by atoms with Crippen LogP contribution in [0.4, 0.5) is 13.2 Å². The largest absolute Gasteiger partial charge is 0.496 e. The van der Waals surface area contributed by atoms with Crippen molar-refractivity contribution < 1.29 is 17.9 Å². The first kappa shape index (κ1) is 14.3. The van der Waals surface area contributed by atoms with Crippen LogP contribution in [0.25, 0.3) is 0 Å². The molecule has 0 aliphatic rings. The molecule has 0 spiro atoms. The highest BCUT2D eigenvalue weighted by Gasteiger charge is 2.33. The maximum absolute atomic E-state index is 12.6. The molecule has 0 aliphatic carbocycles. The van der Waals surface area contributed by atoms with E-state index in [9.17, 15) is 13.2 Å². The van der Waals surface area contributed by atoms with E-state index in [1.165, 1.54) is 7.11 Å². The van der Waals surface area contributed by atoms with Crippen LogP contribution in [0, 0.1) is 0 Å². The lowest BCUT2D eigenvalue weighted by Gasteiger charge is -2.11. The van der Waals surface area contributed by atoms with Crippen LogP contribution in [0.2, 0.25) is 0 Å². The van der Waals surface area contributed by atoms with Gasteiger partial charge < -0.3 is 10.5 Å². The van der Waals surface area contributed by atoms with Crippen molar-refractivity contribution in [2.45, 2.75) is 19.3 Å². The number of methoxy groups -OCH3 is 1. The summed E-state index contributed by atoms with van der Waals surface area (Å²) in [7, 11) is 1.31. The first-order valence-electron chi connectivity index (χ1n) is 5.75. The Hall–Kier alpha value is -2.09. The fourth-order valence-electron chi connectivity index (χ4n) is 1.70. The molecule has 0 saturated heterocycles. The summed E-state index contributed by atoms with van der Waals surface area (Å²) in [6.07, 6.45) is -0.0310. The molecule has 2 heterocycles. The van der Waals surface area contributed by atoms with E-state index < -0.39 is 11.9 Å². The summed E-state index contributed by atoms with van der Waals surface area (Å²) in [5.41, 5.74) is 5.82. The van der Waals surface area contributed by atoms with Crippen molar-refractivity contribution in [1.82, 2.24) is 14.8 Å². The predicted molar refractivity (Wildman–Crippen MR) is 65.0 cm³/mol. The van der Waals surface area contributed by atoms with Crippen molar-refractivity contribution in [3.8, 4) is 5.75 Å². The van der Waals surface area contributed by atoms with Gasteiger partial charge in [-0.15, -0.1) is 0 Å². The Bertz CT molecular complexity index is 595. The first-order chi connectivity index (χ1) is 9.44. The summed E-state index contributed by atoms with van der Waals surface area (Å²) < 4.78 is 44.2. The fourth-order valence-corrected chi connectivity index (χ4v) is 1.70. The Morgan fingerprint density at radius 1 is 1.35 bits per heavy atom. The van der Waals surface area contributed by atoms with E-state index in [-0.39, 0.29) is 12.3 Å². The van der Waals surface area contributed by atoms with Gasteiger partial charge in [0, 0.05) is 36.1 Å². The Morgan fingerprint density at radius 3 is 2.65 bits per heavy atom. The lowest BCUT2D eigenvalue weighted by Crippen LogP contribution is -2.10. The Kier molecular flexibility index (Phi) is 3.93. The second-order valence-corrected chi connectivity index (χ2v) is 4.13. The Balaban J connectivity index is 2.27. The number of hydrogen-bond donors (Lipinski definition) is 1. The van der Waals surface area contributed by atoms with Gasteiger partial charge >= 0.3 is 6.18 Å². The van der Waals surface area contributed by atoms with Crippen LogP contribution >= 0.6 is 0 Å². The molecule has 0 amide bonds. The van der Waals surface area contributed by atoms with Gasteiger partial charge in [0.2, 0.25) is 0 Å². The van der Waals surface area contributed by atoms with E-state index in [2.05, 4.69) is 10.1 Å². The summed E-state index contributed by atoms with van der Waals surface area (Å²) in [6.45, 7) is 0.608. The zero-order valence-corrected chi connectivity index (χ0v) is 10.7. The number of ether oxygens (including phenoxy) is 1. The molecule has 20 heavy (non-hydrogen) atoms. The third kappa shape index (κ3) is 3.08. The topological polar surface area (TPSA) is 66.0 Å². The number of aromatic nitrogens is 3. The quantitative estimate of drug-likeness (QED) is 0.931. The highest BCUT2D eigenvalue weighted by molar-refractivity contribution is 5.34. The third-order valence-electron chi connectivity index (χ3n) is 2.71. The van der Waals surface area contributed by atoms with Gasteiger partial charge in [0.25, 0.3) is 0 Å². The minimum Gasteiger partial charge on any atom is -0.496 e. The van der Waals surface area contributed by atoms with Crippen LogP contribution in [0.1, 0.15) is 16.8 Å². The molecule has 0 fully saturated rings. The van der Waals surface area contributed by atoms with Gasteiger partial charge in [-0.1, -0.05) is 0 Å². The number of alkyl halides is 3. The van der Waals surface area contributed by atoms with Crippen LogP contribution in [-0.2, 0) is 19.3 Å². The molecule has 0 radical (unpaired) electrons. The number of pyridine rings is 1. The predicted octanol–water partition coefficient (Wildman–Crippen LogP) is 1.81. The molecule has 2 rings (SSSR count). The number of rotatable bonds is 4. The van der Waals surface area contributed by atoms with E-state index in [1.54, 1.807) is 17.1 Å². The zero-order chi connectivity index (χ0) is 14.8. The molecule has 0 saturated carbocycles. The molecule has 2 aromatic heterocycles. The van der Waals surface area contributed by atoms with Gasteiger partial charge in [0.15, 0.2) is 0 Å². The Morgan fingerprint density at radius 2 is 2.10 bits per heavy atom. The maximum Gasteiger partial charge on any atom is 0.433 e. The molecular weight excluding hydrogens is 273 g/mol. The molecule has 2 N–H and O–H groups in total. The molecule has 0 unspecified atom stereocenters. The standard InChI is InChI=1S/C12H13F3N4O/c1-20-10-2-11(12(13,14)15)17-5-9(10)7-19-6-8(3-16)4-18-19/h2,4-6H,3,7,16H2,1H3. The minimum absolute atomic E-state index is 0.122. The smallest absolute Gasteiger partial charge is 0.433 e. The lowest BCUT2D eigenvalue weighted by molar-refractivity contribution is -0.141. The summed E-state index contributed by atoms with van der Waals surface area (Å²) in [5, 5.41) is 4.06. The van der Waals surface area contributed by atoms with Gasteiger partial charge in [-0.3, -0.25) is 9.67 Å². The van der Waals surface area contributed by atoms with Crippen molar-refractivity contribution in [2.24, 2.45) is 5.73 Å². The van der Waals surface area contributed by atoms with Crippen LogP contribution in [0.15, 0.2) is 24.7 Å². The van der Waals surface area contributed by atoms with E-state index in [0.717, 1.165) is 17.8 Å². The molecule has 2 aromatic rings. The van der Waals surface area contributed by atoms with Crippen molar-refractivity contribution >= 4 is 0 Å². The monoisotopic (exact) mass is 286 g/mol. The SMILES string of the molecule is COc1cc(C(F)(F)F)ncc1Cn1cc(CN)cn1. The van der Waals surface area contributed by atoms with Gasteiger partial charge in [-0.25, -0.2) is 0 Å². The fraction of sp³-hybridized carbons (Fsp3) is 0.333. The highest BCUT2D eigenvalue weighted by atomic mass is 19.4. The van der Waals surface area contributed by atoms with E-state index in [1.807, 2.05) is 0 Å². The van der Waals surface area contributed by atoms with Crippen molar-refractivity contribution in [3.05, 3.63) is 41.5 Å². The average molecular weight is 286 g/mol. The molecule has 108 valence electrons. The summed E-state index contributed by atoms with van der Waals surface area (Å²) in [6, 6.07) is 0.878. The maximum atomic E-state index is 12.6. The normalized spacial score (nSPS) is 11.7. The molecule has 0 bridgehead atoms. The first-order valence-corrected chi connectivity index (χ1v) is 5.75. The zero-order valence-electron chi connectivity index (χ0n) is 10.7. The summed E-state index contributed by atoms with van der Waals surface area (Å²) in [5.74, 6) is 0.122. The minimum atomic E-state index is -4.50. The van der Waals surface area contributed by atoms with Gasteiger partial charge in [0.05, 0.1) is 19.9 Å². The molecule has 0 aliphatic heterocycles. The molecule has 0 atom stereocenters. The number of hydrogen-bond acceptors (Lipinski definition) is 4. The molecule has 0 aromatic carbocycles. The van der Waals surface area contributed by atoms with Crippen LogP contribution in [0.5, 0.6) is 5.75 Å². The molecule has 5 nitrogen and oxygen atoms in total. The van der Waals surface area contributed by atoms with E-state index in [0.29, 0.717) is 12.1 Å². The Labute approximate surface area is 113 Å². The van der Waals surface area contributed by atoms with Crippen LogP contribution in [-0.4, -0.2) is 21.9 Å². The van der Waals surface area contributed by atoms with Crippen LogP contribution < -0.4 is 10.5 Å². The second-order valence-electron chi connectivity index (χ2n) is 4.13. The van der Waals surface area contributed by atoms with Gasteiger partial charge in [0.1, 0.15) is 11.4 Å². The summed E-state index contributed by atoms with van der Waals surface area (Å²) >= 11 is 0. The third-order valence-corrected chi connectivity index (χ3v) is 2.71.